The third-order valence-electron chi connectivity index (χ3n) is 4.13. The molecular weight excluding hydrogens is 294 g/mol. The maximum atomic E-state index is 11.8. The van der Waals surface area contributed by atoms with Gasteiger partial charge in [0.25, 0.3) is 0 Å². The molecule has 1 fully saturated rings. The number of nitrogens with two attached hydrogens (primary N) is 1. The van der Waals surface area contributed by atoms with E-state index in [0.717, 1.165) is 0 Å². The number of ether oxygens (including phenoxy) is 2. The minimum atomic E-state index is -3.17. The van der Waals surface area contributed by atoms with Gasteiger partial charge < -0.3 is 20.3 Å². The van der Waals surface area contributed by atoms with Crippen LogP contribution in [0.25, 0.3) is 0 Å². The quantitative estimate of drug-likeness (QED) is 0.821. The lowest BCUT2D eigenvalue weighted by atomic mass is 9.78. The summed E-state index contributed by atoms with van der Waals surface area (Å²) in [7, 11) is -0.179. The normalized spacial score (nSPS) is 25.5. The lowest BCUT2D eigenvalue weighted by molar-refractivity contribution is 0.0449. The van der Waals surface area contributed by atoms with Crippen molar-refractivity contribution in [3.63, 3.8) is 0 Å². The summed E-state index contributed by atoms with van der Waals surface area (Å²) in [5.74, 6) is 0.831. The third-order valence-corrected chi connectivity index (χ3v) is 5.97. The van der Waals surface area contributed by atoms with E-state index in [0.29, 0.717) is 23.5 Å². The predicted molar refractivity (Wildman–Crippen MR) is 79.3 cm³/mol. The van der Waals surface area contributed by atoms with Gasteiger partial charge in [0.1, 0.15) is 0 Å². The highest BCUT2D eigenvalue weighted by Crippen LogP contribution is 2.46. The molecule has 6 nitrogen and oxygen atoms in total. The standard InChI is InChI=1S/C14H21NO5S/c1-19-11-5-3-4-10(12(11)20-2)13(16)14(8-15)6-7-21(17,18)9-14/h3-5,13,16H,6-9,15H2,1-2H3. The van der Waals surface area contributed by atoms with Crippen LogP contribution in [0.5, 0.6) is 11.5 Å². The molecule has 0 bridgehead atoms. The molecule has 2 rings (SSSR count). The van der Waals surface area contributed by atoms with Crippen LogP contribution >= 0.6 is 0 Å². The number of aliphatic hydroxyl groups is 1. The van der Waals surface area contributed by atoms with E-state index < -0.39 is 21.4 Å². The van der Waals surface area contributed by atoms with Crippen molar-refractivity contribution in [1.29, 1.82) is 0 Å². The van der Waals surface area contributed by atoms with Gasteiger partial charge in [0.2, 0.25) is 0 Å². The van der Waals surface area contributed by atoms with Crippen LogP contribution in [0.4, 0.5) is 0 Å². The van der Waals surface area contributed by atoms with Crippen molar-refractivity contribution in [2.45, 2.75) is 12.5 Å². The molecule has 1 aliphatic rings. The van der Waals surface area contributed by atoms with E-state index in [1.165, 1.54) is 14.2 Å². The molecule has 0 amide bonds. The van der Waals surface area contributed by atoms with Gasteiger partial charge in [-0.05, 0) is 12.5 Å². The molecule has 1 heterocycles. The van der Waals surface area contributed by atoms with Gasteiger partial charge in [-0.1, -0.05) is 12.1 Å². The average Bonchev–Trinajstić information content (AvgIpc) is 2.82. The van der Waals surface area contributed by atoms with Gasteiger partial charge in [-0.3, -0.25) is 0 Å². The molecule has 21 heavy (non-hydrogen) atoms. The lowest BCUT2D eigenvalue weighted by Gasteiger charge is -2.32. The summed E-state index contributed by atoms with van der Waals surface area (Å²) in [5, 5.41) is 10.8. The molecular formula is C14H21NO5S. The van der Waals surface area contributed by atoms with Gasteiger partial charge in [0.05, 0.1) is 31.8 Å². The maximum Gasteiger partial charge on any atom is 0.166 e. The van der Waals surface area contributed by atoms with Gasteiger partial charge in [0.15, 0.2) is 21.3 Å². The molecule has 1 aliphatic heterocycles. The molecule has 0 saturated carbocycles. The molecule has 0 radical (unpaired) electrons. The van der Waals surface area contributed by atoms with Gasteiger partial charge >= 0.3 is 0 Å². The van der Waals surface area contributed by atoms with Crippen LogP contribution < -0.4 is 15.2 Å². The van der Waals surface area contributed by atoms with Gasteiger partial charge in [-0.2, -0.15) is 0 Å². The highest BCUT2D eigenvalue weighted by Gasteiger charge is 2.47. The van der Waals surface area contributed by atoms with Crippen LogP contribution in [0.1, 0.15) is 18.1 Å². The van der Waals surface area contributed by atoms with Crippen molar-refractivity contribution in [3.8, 4) is 11.5 Å². The van der Waals surface area contributed by atoms with E-state index in [9.17, 15) is 13.5 Å². The molecule has 0 aromatic heterocycles. The lowest BCUT2D eigenvalue weighted by Crippen LogP contribution is -2.38. The first kappa shape index (κ1) is 16.1. The first-order valence-electron chi connectivity index (χ1n) is 6.68. The van der Waals surface area contributed by atoms with Crippen LogP contribution in [0.15, 0.2) is 18.2 Å². The highest BCUT2D eigenvalue weighted by atomic mass is 32.2. The van der Waals surface area contributed by atoms with Crippen molar-refractivity contribution >= 4 is 9.84 Å². The van der Waals surface area contributed by atoms with E-state index in [1.54, 1.807) is 18.2 Å². The largest absolute Gasteiger partial charge is 0.493 e. The number of para-hydroxylation sites is 1. The van der Waals surface area contributed by atoms with E-state index in [2.05, 4.69) is 0 Å². The Morgan fingerprint density at radius 3 is 2.57 bits per heavy atom. The van der Waals surface area contributed by atoms with Crippen LogP contribution in [0, 0.1) is 5.41 Å². The minimum Gasteiger partial charge on any atom is -0.493 e. The summed E-state index contributed by atoms with van der Waals surface area (Å²) in [6.45, 7) is 0.0910. The number of rotatable bonds is 5. The Labute approximate surface area is 124 Å². The summed E-state index contributed by atoms with van der Waals surface area (Å²) in [6, 6.07) is 5.15. The van der Waals surface area contributed by atoms with Crippen LogP contribution in [0.3, 0.4) is 0 Å². The number of sulfone groups is 1. The van der Waals surface area contributed by atoms with Crippen molar-refractivity contribution in [2.24, 2.45) is 11.1 Å². The Morgan fingerprint density at radius 1 is 1.38 bits per heavy atom. The molecule has 2 atom stereocenters. The van der Waals surface area contributed by atoms with E-state index in [1.807, 2.05) is 0 Å². The number of aliphatic hydroxyl groups excluding tert-OH is 1. The number of methoxy groups -OCH3 is 2. The number of hydrogen-bond acceptors (Lipinski definition) is 6. The second kappa shape index (κ2) is 5.82. The number of hydrogen-bond donors (Lipinski definition) is 2. The molecule has 0 aliphatic carbocycles. The molecule has 7 heteroatoms. The Balaban J connectivity index is 2.46. The first-order chi connectivity index (χ1) is 9.89. The average molecular weight is 315 g/mol. The number of benzene rings is 1. The van der Waals surface area contributed by atoms with Gasteiger partial charge in [0, 0.05) is 17.5 Å². The second-order valence-corrected chi connectivity index (χ2v) is 7.58. The molecule has 3 N–H and O–H groups in total. The van der Waals surface area contributed by atoms with E-state index in [4.69, 9.17) is 15.2 Å². The van der Waals surface area contributed by atoms with E-state index in [-0.39, 0.29) is 18.1 Å². The Hall–Kier alpha value is -1.31. The van der Waals surface area contributed by atoms with Crippen LogP contribution in [-0.4, -0.2) is 45.8 Å². The zero-order valence-electron chi connectivity index (χ0n) is 12.2. The maximum absolute atomic E-state index is 11.8. The molecule has 1 saturated heterocycles. The minimum absolute atomic E-state index is 0.0492. The topological polar surface area (TPSA) is 98.9 Å². The molecule has 1 aromatic rings. The fourth-order valence-corrected chi connectivity index (χ4v) is 5.04. The summed E-state index contributed by atoms with van der Waals surface area (Å²) in [6.07, 6.45) is -0.683. The summed E-state index contributed by atoms with van der Waals surface area (Å²) < 4.78 is 34.1. The summed E-state index contributed by atoms with van der Waals surface area (Å²) >= 11 is 0. The monoisotopic (exact) mass is 315 g/mol. The van der Waals surface area contributed by atoms with Crippen LogP contribution in [-0.2, 0) is 9.84 Å². The van der Waals surface area contributed by atoms with E-state index >= 15 is 0 Å². The van der Waals surface area contributed by atoms with Crippen molar-refractivity contribution < 1.29 is 23.0 Å². The fraction of sp³-hybridized carbons (Fsp3) is 0.571. The Bertz CT molecular complexity index is 616. The highest BCUT2D eigenvalue weighted by molar-refractivity contribution is 7.91. The van der Waals surface area contributed by atoms with Gasteiger partial charge in [-0.25, -0.2) is 8.42 Å². The smallest absolute Gasteiger partial charge is 0.166 e. The van der Waals surface area contributed by atoms with Crippen LogP contribution in [0.2, 0.25) is 0 Å². The predicted octanol–water partition coefficient (Wildman–Crippen LogP) is 0.501. The molecule has 118 valence electrons. The Morgan fingerprint density at radius 2 is 2.10 bits per heavy atom. The molecule has 1 aromatic carbocycles. The fourth-order valence-electron chi connectivity index (χ4n) is 2.89. The van der Waals surface area contributed by atoms with Crippen molar-refractivity contribution in [1.82, 2.24) is 0 Å². The summed E-state index contributed by atoms with van der Waals surface area (Å²) in [4.78, 5) is 0. The Kier molecular flexibility index (Phi) is 4.46. The third kappa shape index (κ3) is 2.86. The first-order valence-corrected chi connectivity index (χ1v) is 8.51. The van der Waals surface area contributed by atoms with Crippen molar-refractivity contribution in [2.75, 3.05) is 32.3 Å². The second-order valence-electron chi connectivity index (χ2n) is 5.39. The molecule has 0 spiro atoms. The zero-order valence-corrected chi connectivity index (χ0v) is 13.0. The molecule has 2 unspecified atom stereocenters. The zero-order chi connectivity index (χ0) is 15.7. The SMILES string of the molecule is COc1cccc(C(O)C2(CN)CCS(=O)(=O)C2)c1OC. The summed E-state index contributed by atoms with van der Waals surface area (Å²) in [5.41, 5.74) is 5.42. The van der Waals surface area contributed by atoms with Crippen molar-refractivity contribution in [3.05, 3.63) is 23.8 Å². The van der Waals surface area contributed by atoms with Gasteiger partial charge in [-0.15, -0.1) is 0 Å².